The first kappa shape index (κ1) is 18.3. The molecule has 1 aromatic carbocycles. The Balaban J connectivity index is 1.71. The monoisotopic (exact) mass is 379 g/mol. The van der Waals surface area contributed by atoms with Gasteiger partial charge >= 0.3 is 0 Å². The Hall–Kier alpha value is -2.48. The van der Waals surface area contributed by atoms with Crippen molar-refractivity contribution in [2.45, 2.75) is 33.1 Å². The average Bonchev–Trinajstić information content (AvgIpc) is 3.12. The van der Waals surface area contributed by atoms with E-state index in [1.807, 2.05) is 13.8 Å². The first-order valence-electron chi connectivity index (χ1n) is 8.19. The van der Waals surface area contributed by atoms with Crippen LogP contribution in [0.3, 0.4) is 0 Å². The highest BCUT2D eigenvalue weighted by Crippen LogP contribution is 2.60. The quantitative estimate of drug-likeness (QED) is 0.475. The number of hydrazine groups is 1. The molecule has 3 rings (SSSR count). The van der Waals surface area contributed by atoms with Crippen molar-refractivity contribution in [1.29, 1.82) is 0 Å². The third-order valence-electron chi connectivity index (χ3n) is 5.68. The number of ketones is 1. The van der Waals surface area contributed by atoms with Gasteiger partial charge < -0.3 is 0 Å². The van der Waals surface area contributed by atoms with E-state index in [2.05, 4.69) is 10.9 Å². The SMILES string of the molecule is CC1(C)C(=O)C2(C(=O)NNC(=O)c3ccc(Cl)c([N+](=O)[O-])c3)CCC1C2. The van der Waals surface area contributed by atoms with Crippen LogP contribution >= 0.6 is 11.6 Å². The van der Waals surface area contributed by atoms with Crippen LogP contribution in [0.1, 0.15) is 43.5 Å². The number of rotatable bonds is 3. The Labute approximate surface area is 154 Å². The maximum atomic E-state index is 12.7. The molecule has 2 aliphatic rings. The summed E-state index contributed by atoms with van der Waals surface area (Å²) >= 11 is 5.71. The lowest BCUT2D eigenvalue weighted by atomic mass is 9.70. The van der Waals surface area contributed by atoms with Crippen molar-refractivity contribution in [3.8, 4) is 0 Å². The molecule has 2 amide bonds. The highest BCUT2D eigenvalue weighted by atomic mass is 35.5. The number of hydrogen-bond donors (Lipinski definition) is 2. The zero-order chi connectivity index (χ0) is 19.3. The van der Waals surface area contributed by atoms with E-state index in [0.717, 1.165) is 12.5 Å². The number of carbonyl (C=O) groups is 3. The first-order chi connectivity index (χ1) is 12.1. The van der Waals surface area contributed by atoms with Gasteiger partial charge in [-0.2, -0.15) is 0 Å². The predicted molar refractivity (Wildman–Crippen MR) is 92.3 cm³/mol. The number of nitro groups is 1. The van der Waals surface area contributed by atoms with Crippen LogP contribution in [0.5, 0.6) is 0 Å². The summed E-state index contributed by atoms with van der Waals surface area (Å²) in [5.74, 6) is -1.20. The van der Waals surface area contributed by atoms with E-state index < -0.39 is 33.3 Å². The summed E-state index contributed by atoms with van der Waals surface area (Å²) in [6.07, 6.45) is 1.74. The molecule has 2 unspecified atom stereocenters. The second-order valence-corrected chi connectivity index (χ2v) is 7.81. The fraction of sp³-hybridized carbons (Fsp3) is 0.471. The normalized spacial score (nSPS) is 25.8. The summed E-state index contributed by atoms with van der Waals surface area (Å²) in [5.41, 5.74) is 2.46. The van der Waals surface area contributed by atoms with Gasteiger partial charge in [0, 0.05) is 17.0 Å². The van der Waals surface area contributed by atoms with Gasteiger partial charge in [-0.1, -0.05) is 25.4 Å². The third kappa shape index (κ3) is 2.65. The number of Topliss-reactive ketones (excluding diaryl/α,β-unsaturated/α-hetero) is 1. The standard InChI is InChI=1S/C17H18ClN3O5/c1-16(2)10-5-6-17(8-10,14(16)23)15(24)20-19-13(22)9-3-4-11(18)12(7-9)21(25)26/h3-4,7,10H,5-6,8H2,1-2H3,(H,19,22)(H,20,24). The Kier molecular flexibility index (Phi) is 4.26. The number of fused-ring (bicyclic) bond motifs is 2. The molecule has 8 nitrogen and oxygen atoms in total. The Morgan fingerprint density at radius 3 is 2.58 bits per heavy atom. The summed E-state index contributed by atoms with van der Waals surface area (Å²) in [4.78, 5) is 47.7. The van der Waals surface area contributed by atoms with Crippen molar-refractivity contribution in [2.75, 3.05) is 0 Å². The summed E-state index contributed by atoms with van der Waals surface area (Å²) in [7, 11) is 0. The van der Waals surface area contributed by atoms with Crippen molar-refractivity contribution >= 4 is 34.9 Å². The van der Waals surface area contributed by atoms with Gasteiger partial charge in [0.2, 0.25) is 0 Å². The van der Waals surface area contributed by atoms with Crippen molar-refractivity contribution in [2.24, 2.45) is 16.7 Å². The van der Waals surface area contributed by atoms with Gasteiger partial charge in [-0.25, -0.2) is 0 Å². The summed E-state index contributed by atoms with van der Waals surface area (Å²) < 4.78 is 0. The molecule has 2 N–H and O–H groups in total. The molecule has 2 atom stereocenters. The van der Waals surface area contributed by atoms with Crippen LogP contribution in [0.25, 0.3) is 0 Å². The second kappa shape index (κ2) is 6.05. The molecule has 2 aliphatic carbocycles. The molecule has 1 aromatic rings. The predicted octanol–water partition coefficient (Wildman–Crippen LogP) is 2.40. The maximum Gasteiger partial charge on any atom is 0.288 e. The maximum absolute atomic E-state index is 12.7. The van der Waals surface area contributed by atoms with E-state index in [1.54, 1.807) is 0 Å². The molecule has 0 heterocycles. The van der Waals surface area contributed by atoms with Gasteiger partial charge in [0.15, 0.2) is 5.78 Å². The Bertz CT molecular complexity index is 838. The van der Waals surface area contributed by atoms with Crippen LogP contribution < -0.4 is 10.9 Å². The number of halogens is 1. The fourth-order valence-corrected chi connectivity index (χ4v) is 4.26. The topological polar surface area (TPSA) is 118 Å². The van der Waals surface area contributed by atoms with Crippen LogP contribution in [0.2, 0.25) is 5.02 Å². The lowest BCUT2D eigenvalue weighted by molar-refractivity contribution is -0.384. The Morgan fingerprint density at radius 2 is 2.00 bits per heavy atom. The summed E-state index contributed by atoms with van der Waals surface area (Å²) in [6.45, 7) is 3.69. The number of amides is 2. The smallest absolute Gasteiger partial charge is 0.288 e. The third-order valence-corrected chi connectivity index (χ3v) is 6.00. The highest BCUT2D eigenvalue weighted by Gasteiger charge is 2.65. The molecule has 138 valence electrons. The molecule has 2 bridgehead atoms. The van der Waals surface area contributed by atoms with Gasteiger partial charge in [0.1, 0.15) is 10.4 Å². The van der Waals surface area contributed by atoms with Crippen LogP contribution in [-0.4, -0.2) is 22.5 Å². The van der Waals surface area contributed by atoms with Crippen LogP contribution in [-0.2, 0) is 9.59 Å². The van der Waals surface area contributed by atoms with Gasteiger partial charge in [0.25, 0.3) is 17.5 Å². The number of carbonyl (C=O) groups excluding carboxylic acids is 3. The minimum Gasteiger partial charge on any atom is -0.298 e. The van der Waals surface area contributed by atoms with Gasteiger partial charge in [-0.05, 0) is 37.3 Å². The number of hydrogen-bond acceptors (Lipinski definition) is 5. The number of nitrogens with one attached hydrogen (secondary N) is 2. The minimum atomic E-state index is -1.10. The number of nitro benzene ring substituents is 1. The van der Waals surface area contributed by atoms with Crippen LogP contribution in [0.15, 0.2) is 18.2 Å². The molecular weight excluding hydrogens is 362 g/mol. The molecule has 0 aliphatic heterocycles. The van der Waals surface area contributed by atoms with Crippen LogP contribution in [0, 0.1) is 26.9 Å². The molecule has 26 heavy (non-hydrogen) atoms. The molecular formula is C17H18ClN3O5. The highest BCUT2D eigenvalue weighted by molar-refractivity contribution is 6.32. The van der Waals surface area contributed by atoms with Crippen molar-refractivity contribution in [1.82, 2.24) is 10.9 Å². The minimum absolute atomic E-state index is 0.0266. The number of benzene rings is 1. The van der Waals surface area contributed by atoms with E-state index in [0.29, 0.717) is 12.8 Å². The molecule has 0 aromatic heterocycles. The van der Waals surface area contributed by atoms with E-state index in [1.165, 1.54) is 12.1 Å². The van der Waals surface area contributed by atoms with E-state index in [9.17, 15) is 24.5 Å². The summed E-state index contributed by atoms with van der Waals surface area (Å²) in [5, 5.41) is 10.8. The van der Waals surface area contributed by atoms with Gasteiger partial charge in [-0.3, -0.25) is 35.3 Å². The van der Waals surface area contributed by atoms with E-state index in [-0.39, 0.29) is 22.3 Å². The molecule has 0 saturated heterocycles. The van der Waals surface area contributed by atoms with E-state index in [4.69, 9.17) is 11.6 Å². The fourth-order valence-electron chi connectivity index (χ4n) is 4.08. The van der Waals surface area contributed by atoms with Crippen molar-refractivity contribution in [3.05, 3.63) is 38.9 Å². The second-order valence-electron chi connectivity index (χ2n) is 7.40. The molecule has 2 fully saturated rings. The molecule has 0 spiro atoms. The van der Waals surface area contributed by atoms with E-state index >= 15 is 0 Å². The summed E-state index contributed by atoms with van der Waals surface area (Å²) in [6, 6.07) is 3.57. The molecule has 2 saturated carbocycles. The first-order valence-corrected chi connectivity index (χ1v) is 8.57. The number of nitrogens with zero attached hydrogens (tertiary/aromatic N) is 1. The lowest BCUT2D eigenvalue weighted by Crippen LogP contribution is -2.52. The molecule has 0 radical (unpaired) electrons. The lowest BCUT2D eigenvalue weighted by Gasteiger charge is -2.32. The van der Waals surface area contributed by atoms with Crippen molar-refractivity contribution < 1.29 is 19.3 Å². The molecule has 9 heteroatoms. The zero-order valence-electron chi connectivity index (χ0n) is 14.3. The van der Waals surface area contributed by atoms with Gasteiger partial charge in [0.05, 0.1) is 4.92 Å². The van der Waals surface area contributed by atoms with Crippen LogP contribution in [0.4, 0.5) is 5.69 Å². The Morgan fingerprint density at radius 1 is 1.31 bits per heavy atom. The largest absolute Gasteiger partial charge is 0.298 e. The zero-order valence-corrected chi connectivity index (χ0v) is 15.1. The van der Waals surface area contributed by atoms with Crippen molar-refractivity contribution in [3.63, 3.8) is 0 Å². The average molecular weight is 380 g/mol. The van der Waals surface area contributed by atoms with Gasteiger partial charge in [-0.15, -0.1) is 0 Å².